The molecule has 0 bridgehead atoms. The van der Waals surface area contributed by atoms with Gasteiger partial charge in [0.2, 0.25) is 5.91 Å². The van der Waals surface area contributed by atoms with Gasteiger partial charge in [-0.15, -0.1) is 0 Å². The third-order valence-electron chi connectivity index (χ3n) is 2.04. The molecule has 1 aromatic rings. The summed E-state index contributed by atoms with van der Waals surface area (Å²) in [5.74, 6) is 0.611. The van der Waals surface area contributed by atoms with Crippen molar-refractivity contribution in [1.82, 2.24) is 0 Å². The number of carbonyl (C=O) groups is 1. The molecule has 0 aliphatic carbocycles. The smallest absolute Gasteiger partial charge is 0.228 e. The van der Waals surface area contributed by atoms with Crippen molar-refractivity contribution in [2.45, 2.75) is 6.42 Å². The second-order valence-electron chi connectivity index (χ2n) is 2.98. The van der Waals surface area contributed by atoms with Gasteiger partial charge in [-0.25, -0.2) is 0 Å². The van der Waals surface area contributed by atoms with Crippen molar-refractivity contribution in [2.75, 3.05) is 18.2 Å². The monoisotopic (exact) mass is 178 g/mol. The molecule has 1 amide bonds. The number of ether oxygens (including phenoxy) is 1. The number of nitrogens with two attached hydrogens (primary N) is 1. The van der Waals surface area contributed by atoms with E-state index < -0.39 is 0 Å². The van der Waals surface area contributed by atoms with E-state index in [2.05, 4.69) is 5.32 Å². The summed E-state index contributed by atoms with van der Waals surface area (Å²) in [6.45, 7) is 0. The van der Waals surface area contributed by atoms with Crippen LogP contribution >= 0.6 is 0 Å². The first-order valence-electron chi connectivity index (χ1n) is 3.97. The van der Waals surface area contributed by atoms with E-state index in [1.165, 1.54) is 0 Å². The Morgan fingerprint density at radius 3 is 3.00 bits per heavy atom. The van der Waals surface area contributed by atoms with E-state index in [0.29, 0.717) is 17.9 Å². The van der Waals surface area contributed by atoms with Crippen molar-refractivity contribution < 1.29 is 9.53 Å². The number of rotatable bonds is 1. The van der Waals surface area contributed by atoms with Gasteiger partial charge in [-0.05, 0) is 11.6 Å². The molecule has 13 heavy (non-hydrogen) atoms. The molecule has 4 heteroatoms. The van der Waals surface area contributed by atoms with Crippen LogP contribution in [0.4, 0.5) is 11.4 Å². The highest BCUT2D eigenvalue weighted by Gasteiger charge is 2.21. The van der Waals surface area contributed by atoms with Crippen molar-refractivity contribution in [3.8, 4) is 5.75 Å². The van der Waals surface area contributed by atoms with Gasteiger partial charge in [0.1, 0.15) is 5.75 Å². The van der Waals surface area contributed by atoms with Crippen molar-refractivity contribution in [1.29, 1.82) is 0 Å². The van der Waals surface area contributed by atoms with Crippen LogP contribution in [0.5, 0.6) is 5.75 Å². The third kappa shape index (κ3) is 1.20. The maximum absolute atomic E-state index is 11.1. The van der Waals surface area contributed by atoms with Gasteiger partial charge in [0.25, 0.3) is 0 Å². The Hall–Kier alpha value is -1.71. The molecule has 1 aliphatic rings. The zero-order chi connectivity index (χ0) is 9.42. The molecule has 1 aliphatic heterocycles. The Balaban J connectivity index is 2.56. The molecule has 0 spiro atoms. The highest BCUT2D eigenvalue weighted by molar-refractivity contribution is 6.01. The van der Waals surface area contributed by atoms with Gasteiger partial charge in [-0.3, -0.25) is 4.79 Å². The standard InChI is InChI=1S/C9H10N2O2/c1-13-7-4-6(10)2-5-3-8(12)11-9(5)7/h2,4H,3,10H2,1H3,(H,11,12). The number of benzene rings is 1. The van der Waals surface area contributed by atoms with Crippen LogP contribution in [-0.4, -0.2) is 13.0 Å². The summed E-state index contributed by atoms with van der Waals surface area (Å²) in [5, 5.41) is 2.72. The Morgan fingerprint density at radius 1 is 1.54 bits per heavy atom. The van der Waals surface area contributed by atoms with Crippen molar-refractivity contribution >= 4 is 17.3 Å². The largest absolute Gasteiger partial charge is 0.494 e. The van der Waals surface area contributed by atoms with E-state index in [9.17, 15) is 4.79 Å². The fourth-order valence-electron chi connectivity index (χ4n) is 1.50. The lowest BCUT2D eigenvalue weighted by Crippen LogP contribution is -2.04. The van der Waals surface area contributed by atoms with Gasteiger partial charge in [0.05, 0.1) is 19.2 Å². The Bertz CT molecular complexity index is 374. The van der Waals surface area contributed by atoms with Crippen LogP contribution in [-0.2, 0) is 11.2 Å². The van der Waals surface area contributed by atoms with Crippen LogP contribution in [0, 0.1) is 0 Å². The predicted octanol–water partition coefficient (Wildman–Crippen LogP) is 0.772. The number of hydrogen-bond acceptors (Lipinski definition) is 3. The highest BCUT2D eigenvalue weighted by atomic mass is 16.5. The van der Waals surface area contributed by atoms with E-state index in [4.69, 9.17) is 10.5 Å². The van der Waals surface area contributed by atoms with E-state index in [-0.39, 0.29) is 5.91 Å². The maximum Gasteiger partial charge on any atom is 0.228 e. The number of methoxy groups -OCH3 is 1. The van der Waals surface area contributed by atoms with Gasteiger partial charge < -0.3 is 15.8 Å². The van der Waals surface area contributed by atoms with E-state index in [1.807, 2.05) is 0 Å². The Morgan fingerprint density at radius 2 is 2.31 bits per heavy atom. The van der Waals surface area contributed by atoms with Crippen LogP contribution in [0.2, 0.25) is 0 Å². The Kier molecular flexibility index (Phi) is 1.62. The van der Waals surface area contributed by atoms with Gasteiger partial charge >= 0.3 is 0 Å². The molecular weight excluding hydrogens is 168 g/mol. The molecule has 0 saturated heterocycles. The van der Waals surface area contributed by atoms with Gasteiger partial charge in [-0.2, -0.15) is 0 Å². The number of fused-ring (bicyclic) bond motifs is 1. The molecule has 1 heterocycles. The lowest BCUT2D eigenvalue weighted by atomic mass is 10.1. The fraction of sp³-hybridized carbons (Fsp3) is 0.222. The second kappa shape index (κ2) is 2.65. The van der Waals surface area contributed by atoms with Crippen LogP contribution in [0.25, 0.3) is 0 Å². The van der Waals surface area contributed by atoms with Crippen LogP contribution in [0.3, 0.4) is 0 Å². The number of hydrogen-bond donors (Lipinski definition) is 2. The average molecular weight is 178 g/mol. The van der Waals surface area contributed by atoms with E-state index in [0.717, 1.165) is 11.3 Å². The summed E-state index contributed by atoms with van der Waals surface area (Å²) in [4.78, 5) is 11.1. The first-order chi connectivity index (χ1) is 6.20. The molecule has 0 atom stereocenters. The van der Waals surface area contributed by atoms with Gasteiger partial charge in [-0.1, -0.05) is 0 Å². The van der Waals surface area contributed by atoms with E-state index >= 15 is 0 Å². The van der Waals surface area contributed by atoms with Crippen molar-refractivity contribution in [3.63, 3.8) is 0 Å². The van der Waals surface area contributed by atoms with Crippen molar-refractivity contribution in [3.05, 3.63) is 17.7 Å². The van der Waals surface area contributed by atoms with Crippen molar-refractivity contribution in [2.24, 2.45) is 0 Å². The molecule has 2 rings (SSSR count). The number of nitrogens with one attached hydrogen (secondary N) is 1. The first-order valence-corrected chi connectivity index (χ1v) is 3.97. The van der Waals surface area contributed by atoms with Crippen LogP contribution in [0.15, 0.2) is 12.1 Å². The molecule has 3 N–H and O–H groups in total. The summed E-state index contributed by atoms with van der Waals surface area (Å²) in [6, 6.07) is 3.49. The maximum atomic E-state index is 11.1. The highest BCUT2D eigenvalue weighted by Crippen LogP contribution is 2.35. The summed E-state index contributed by atoms with van der Waals surface area (Å²) in [6.07, 6.45) is 0.386. The molecular formula is C9H10N2O2. The Labute approximate surface area is 75.7 Å². The third-order valence-corrected chi connectivity index (χ3v) is 2.04. The molecule has 0 unspecified atom stereocenters. The predicted molar refractivity (Wildman–Crippen MR) is 49.7 cm³/mol. The lowest BCUT2D eigenvalue weighted by molar-refractivity contribution is -0.115. The number of carbonyl (C=O) groups excluding carboxylic acids is 1. The zero-order valence-electron chi connectivity index (χ0n) is 7.26. The molecule has 68 valence electrons. The molecule has 0 saturated carbocycles. The lowest BCUT2D eigenvalue weighted by Gasteiger charge is -2.07. The minimum atomic E-state index is -0.0149. The molecule has 0 radical (unpaired) electrons. The normalized spacial score (nSPS) is 13.8. The topological polar surface area (TPSA) is 64.3 Å². The number of nitrogen functional groups attached to an aromatic ring is 1. The molecule has 1 aromatic carbocycles. The fourth-order valence-corrected chi connectivity index (χ4v) is 1.50. The number of anilines is 2. The average Bonchev–Trinajstić information content (AvgIpc) is 2.43. The van der Waals surface area contributed by atoms with Crippen LogP contribution in [0.1, 0.15) is 5.56 Å². The van der Waals surface area contributed by atoms with Crippen LogP contribution < -0.4 is 15.8 Å². The van der Waals surface area contributed by atoms with Gasteiger partial charge in [0, 0.05) is 11.8 Å². The summed E-state index contributed by atoms with van der Waals surface area (Å²) >= 11 is 0. The van der Waals surface area contributed by atoms with Gasteiger partial charge in [0.15, 0.2) is 0 Å². The molecule has 0 fully saturated rings. The zero-order valence-corrected chi connectivity index (χ0v) is 7.26. The minimum Gasteiger partial charge on any atom is -0.494 e. The second-order valence-corrected chi connectivity index (χ2v) is 2.98. The summed E-state index contributed by atoms with van der Waals surface area (Å²) in [7, 11) is 1.56. The molecule has 0 aromatic heterocycles. The quantitative estimate of drug-likeness (QED) is 0.624. The molecule has 4 nitrogen and oxygen atoms in total. The first kappa shape index (κ1) is 7.91. The minimum absolute atomic E-state index is 0.0149. The summed E-state index contributed by atoms with van der Waals surface area (Å²) in [5.41, 5.74) is 7.91. The summed E-state index contributed by atoms with van der Waals surface area (Å²) < 4.78 is 5.09. The van der Waals surface area contributed by atoms with E-state index in [1.54, 1.807) is 19.2 Å². The number of amides is 1. The SMILES string of the molecule is COc1cc(N)cc2c1NC(=O)C2.